The van der Waals surface area contributed by atoms with Gasteiger partial charge in [-0.05, 0) is 32.3 Å². The largest absolute Gasteiger partial charge is 0.478 e. The number of aromatic nitrogens is 1. The van der Waals surface area contributed by atoms with Crippen molar-refractivity contribution >= 4 is 34.3 Å². The highest BCUT2D eigenvalue weighted by Crippen LogP contribution is 2.27. The summed E-state index contributed by atoms with van der Waals surface area (Å²) in [7, 11) is 0. The molecule has 0 aromatic carbocycles. The average Bonchev–Trinajstić information content (AvgIpc) is 2.93. The lowest BCUT2D eigenvalue weighted by Crippen LogP contribution is -2.33. The molecule has 1 fully saturated rings. The summed E-state index contributed by atoms with van der Waals surface area (Å²) in [6.07, 6.45) is 0.157. The van der Waals surface area contributed by atoms with Crippen LogP contribution in [-0.2, 0) is 9.59 Å². The molecule has 0 spiro atoms. The quantitative estimate of drug-likeness (QED) is 0.874. The van der Waals surface area contributed by atoms with Crippen LogP contribution < -0.4 is 5.32 Å². The molecule has 21 heavy (non-hydrogen) atoms. The van der Waals surface area contributed by atoms with Crippen molar-refractivity contribution in [2.75, 3.05) is 11.9 Å². The molecule has 1 aromatic heterocycles. The number of amides is 2. The number of hydrogen-bond acceptors (Lipinski definition) is 5. The summed E-state index contributed by atoms with van der Waals surface area (Å²) in [5, 5.41) is 11.9. The molecular formula is C13H17N3O4S. The first-order valence-electron chi connectivity index (χ1n) is 6.61. The van der Waals surface area contributed by atoms with Crippen LogP contribution in [0.25, 0.3) is 0 Å². The third kappa shape index (κ3) is 3.05. The summed E-state index contributed by atoms with van der Waals surface area (Å²) in [6, 6.07) is 0.0514. The molecule has 2 heterocycles. The van der Waals surface area contributed by atoms with Crippen molar-refractivity contribution in [1.82, 2.24) is 9.27 Å². The zero-order valence-electron chi connectivity index (χ0n) is 12.0. The number of carboxylic acids is 1. The lowest BCUT2D eigenvalue weighted by molar-refractivity contribution is -0.129. The number of aromatic carboxylic acids is 1. The predicted molar refractivity (Wildman–Crippen MR) is 77.4 cm³/mol. The van der Waals surface area contributed by atoms with E-state index in [0.717, 1.165) is 11.5 Å². The molecule has 0 radical (unpaired) electrons. The smallest absolute Gasteiger partial charge is 0.340 e. The molecule has 7 nitrogen and oxygen atoms in total. The van der Waals surface area contributed by atoms with Crippen LogP contribution in [-0.4, -0.2) is 44.8 Å². The first-order valence-corrected chi connectivity index (χ1v) is 7.38. The van der Waals surface area contributed by atoms with Gasteiger partial charge in [-0.25, -0.2) is 4.79 Å². The van der Waals surface area contributed by atoms with Gasteiger partial charge in [0.05, 0.1) is 11.6 Å². The van der Waals surface area contributed by atoms with Crippen LogP contribution in [0.15, 0.2) is 0 Å². The third-order valence-electron chi connectivity index (χ3n) is 3.47. The van der Waals surface area contributed by atoms with Crippen molar-refractivity contribution < 1.29 is 19.5 Å². The second kappa shape index (κ2) is 5.80. The van der Waals surface area contributed by atoms with Crippen LogP contribution in [0.5, 0.6) is 0 Å². The molecule has 2 amide bonds. The number of hydrogen-bond donors (Lipinski definition) is 2. The van der Waals surface area contributed by atoms with Crippen LogP contribution in [0.3, 0.4) is 0 Å². The second-order valence-electron chi connectivity index (χ2n) is 5.31. The monoisotopic (exact) mass is 311 g/mol. The molecule has 1 aliphatic heterocycles. The fourth-order valence-corrected chi connectivity index (χ4v) is 3.12. The molecule has 1 saturated heterocycles. The lowest BCUT2D eigenvalue weighted by atomic mass is 10.1. The number of nitrogens with one attached hydrogen (secondary N) is 1. The molecule has 0 aliphatic carbocycles. The Bertz CT molecular complexity index is 596. The van der Waals surface area contributed by atoms with Crippen LogP contribution >= 0.6 is 11.5 Å². The second-order valence-corrected chi connectivity index (χ2v) is 6.08. The van der Waals surface area contributed by atoms with E-state index in [0.29, 0.717) is 12.2 Å². The highest BCUT2D eigenvalue weighted by molar-refractivity contribution is 7.11. The molecule has 8 heteroatoms. The summed E-state index contributed by atoms with van der Waals surface area (Å²) in [4.78, 5) is 36.8. The normalized spacial score (nSPS) is 18.4. The zero-order valence-corrected chi connectivity index (χ0v) is 12.9. The van der Waals surface area contributed by atoms with Gasteiger partial charge in [0, 0.05) is 19.0 Å². The van der Waals surface area contributed by atoms with E-state index in [1.807, 2.05) is 13.8 Å². The van der Waals surface area contributed by atoms with Gasteiger partial charge in [-0.3, -0.25) is 9.59 Å². The van der Waals surface area contributed by atoms with Gasteiger partial charge >= 0.3 is 5.97 Å². The van der Waals surface area contributed by atoms with Crippen LogP contribution in [0.1, 0.15) is 36.3 Å². The van der Waals surface area contributed by atoms with Crippen molar-refractivity contribution in [1.29, 1.82) is 0 Å². The fourth-order valence-electron chi connectivity index (χ4n) is 2.33. The maximum atomic E-state index is 12.2. The molecule has 1 unspecified atom stereocenters. The standard InChI is InChI=1S/C13H17N3O4S/c1-6(2)16-5-8(4-9(16)17)11(18)14-12-10(13(19)20)7(3)15-21-12/h6,8H,4-5H2,1-3H3,(H,14,18)(H,19,20). The van der Waals surface area contributed by atoms with Gasteiger partial charge in [0.15, 0.2) is 0 Å². The summed E-state index contributed by atoms with van der Waals surface area (Å²) in [5.74, 6) is -1.96. The maximum Gasteiger partial charge on any atom is 0.340 e. The molecule has 114 valence electrons. The van der Waals surface area contributed by atoms with Crippen molar-refractivity contribution in [3.63, 3.8) is 0 Å². The number of carbonyl (C=O) groups excluding carboxylic acids is 2. The number of carboxylic acid groups (broad SMARTS) is 1. The number of anilines is 1. The SMILES string of the molecule is Cc1nsc(NC(=O)C2CC(=O)N(C(C)C)C2)c1C(=O)O. The first kappa shape index (κ1) is 15.4. The Morgan fingerprint density at radius 3 is 2.67 bits per heavy atom. The predicted octanol–water partition coefficient (Wildman–Crippen LogP) is 1.35. The molecular weight excluding hydrogens is 294 g/mol. The minimum absolute atomic E-state index is 0.0124. The van der Waals surface area contributed by atoms with Gasteiger partial charge in [0.25, 0.3) is 0 Å². The highest BCUT2D eigenvalue weighted by atomic mass is 32.1. The first-order chi connectivity index (χ1) is 9.81. The fraction of sp³-hybridized carbons (Fsp3) is 0.538. The van der Waals surface area contributed by atoms with E-state index in [4.69, 9.17) is 5.11 Å². The topological polar surface area (TPSA) is 99.6 Å². The van der Waals surface area contributed by atoms with E-state index in [-0.39, 0.29) is 34.8 Å². The van der Waals surface area contributed by atoms with Gasteiger partial charge in [-0.2, -0.15) is 4.37 Å². The van der Waals surface area contributed by atoms with E-state index < -0.39 is 11.9 Å². The number of likely N-dealkylation sites (tertiary alicyclic amines) is 1. The summed E-state index contributed by atoms with van der Waals surface area (Å²) < 4.78 is 3.94. The molecule has 1 aromatic rings. The maximum absolute atomic E-state index is 12.2. The minimum atomic E-state index is -1.12. The van der Waals surface area contributed by atoms with Crippen molar-refractivity contribution in [3.05, 3.63) is 11.3 Å². The Hall–Kier alpha value is -1.96. The van der Waals surface area contributed by atoms with E-state index in [2.05, 4.69) is 9.69 Å². The van der Waals surface area contributed by atoms with Gasteiger partial charge in [-0.1, -0.05) is 0 Å². The minimum Gasteiger partial charge on any atom is -0.478 e. The Balaban J connectivity index is 2.10. The molecule has 1 atom stereocenters. The highest BCUT2D eigenvalue weighted by Gasteiger charge is 2.36. The number of nitrogens with zero attached hydrogens (tertiary/aromatic N) is 2. The summed E-state index contributed by atoms with van der Waals surface area (Å²) in [5.41, 5.74) is 0.382. The van der Waals surface area contributed by atoms with Gasteiger partial charge in [0.2, 0.25) is 11.8 Å². The Morgan fingerprint density at radius 1 is 1.48 bits per heavy atom. The number of rotatable bonds is 4. The van der Waals surface area contributed by atoms with E-state index in [1.165, 1.54) is 0 Å². The van der Waals surface area contributed by atoms with Crippen molar-refractivity contribution in [2.45, 2.75) is 33.2 Å². The van der Waals surface area contributed by atoms with Crippen molar-refractivity contribution in [2.24, 2.45) is 5.92 Å². The van der Waals surface area contributed by atoms with E-state index in [9.17, 15) is 14.4 Å². The van der Waals surface area contributed by atoms with Crippen LogP contribution in [0.2, 0.25) is 0 Å². The van der Waals surface area contributed by atoms with Gasteiger partial charge in [-0.15, -0.1) is 0 Å². The molecule has 0 saturated carbocycles. The molecule has 2 rings (SSSR count). The molecule has 1 aliphatic rings. The Kier molecular flexibility index (Phi) is 4.26. The van der Waals surface area contributed by atoms with Crippen LogP contribution in [0.4, 0.5) is 5.00 Å². The van der Waals surface area contributed by atoms with Gasteiger partial charge in [0.1, 0.15) is 10.6 Å². The summed E-state index contributed by atoms with van der Waals surface area (Å²) in [6.45, 7) is 5.73. The lowest BCUT2D eigenvalue weighted by Gasteiger charge is -2.20. The number of carbonyl (C=O) groups is 3. The average molecular weight is 311 g/mol. The van der Waals surface area contributed by atoms with E-state index >= 15 is 0 Å². The molecule has 0 bridgehead atoms. The zero-order chi connectivity index (χ0) is 15.7. The molecule has 2 N–H and O–H groups in total. The van der Waals surface area contributed by atoms with Gasteiger partial charge < -0.3 is 15.3 Å². The Labute approximate surface area is 126 Å². The van der Waals surface area contributed by atoms with Crippen LogP contribution in [0, 0.1) is 12.8 Å². The van der Waals surface area contributed by atoms with Crippen molar-refractivity contribution in [3.8, 4) is 0 Å². The number of aryl methyl sites for hydroxylation is 1. The Morgan fingerprint density at radius 2 is 2.14 bits per heavy atom. The third-order valence-corrected chi connectivity index (χ3v) is 4.32. The summed E-state index contributed by atoms with van der Waals surface area (Å²) >= 11 is 0.938. The van der Waals surface area contributed by atoms with E-state index in [1.54, 1.807) is 11.8 Å².